The second kappa shape index (κ2) is 22.5. The summed E-state index contributed by atoms with van der Waals surface area (Å²) in [5, 5.41) is 27.7. The van der Waals surface area contributed by atoms with E-state index in [1.165, 1.54) is 0 Å². The standard InChI is InChI=1S/CHNO.CH2O3.2K.2H/c2-1-3;2-1(3)4;;;;/h3H;(H2,2,3,4);;;;/q;;2*+1;2*-1. The Morgan fingerprint density at radius 3 is 1.44 bits per heavy atom. The fraction of sp³-hybridized carbons (Fsp3) is 0. The van der Waals surface area contributed by atoms with E-state index in [-0.39, 0.29) is 106 Å². The van der Waals surface area contributed by atoms with Gasteiger partial charge in [0.1, 0.15) is 0 Å². The number of carbonyl (C=O) groups is 1. The van der Waals surface area contributed by atoms with Crippen LogP contribution in [-0.4, -0.2) is 21.5 Å². The second-order valence-electron chi connectivity index (χ2n) is 0.383. The van der Waals surface area contributed by atoms with E-state index in [0.717, 1.165) is 6.26 Å². The maximum absolute atomic E-state index is 8.56. The summed E-state index contributed by atoms with van der Waals surface area (Å²) < 4.78 is 0. The molecule has 0 aromatic heterocycles. The van der Waals surface area contributed by atoms with E-state index >= 15 is 0 Å². The molecule has 0 aliphatic carbocycles. The first-order valence-electron chi connectivity index (χ1n) is 1.10. The van der Waals surface area contributed by atoms with Crippen molar-refractivity contribution >= 4 is 6.16 Å². The average molecular weight is 185 g/mol. The number of aliphatic hydroxyl groups excluding tert-OH is 1. The Hall–Kier alpha value is 1.83. The van der Waals surface area contributed by atoms with E-state index in [9.17, 15) is 0 Å². The van der Waals surface area contributed by atoms with Crippen molar-refractivity contribution in [2.24, 2.45) is 0 Å². The van der Waals surface area contributed by atoms with Gasteiger partial charge >= 0.3 is 109 Å². The molecule has 0 radical (unpaired) electrons. The molecule has 0 atom stereocenters. The van der Waals surface area contributed by atoms with Gasteiger partial charge < -0.3 is 18.2 Å². The average Bonchev–Trinajstić information content (AvgIpc) is 1.33. The molecule has 7 heteroatoms. The number of carboxylic acid groups (broad SMARTS) is 2. The van der Waals surface area contributed by atoms with Gasteiger partial charge in [0.2, 0.25) is 0 Å². The Morgan fingerprint density at radius 1 is 1.44 bits per heavy atom. The van der Waals surface area contributed by atoms with E-state index in [0.29, 0.717) is 0 Å². The van der Waals surface area contributed by atoms with E-state index in [4.69, 9.17) is 25.4 Å². The molecule has 0 aromatic carbocycles. The molecule has 0 spiro atoms. The molecule has 0 aliphatic heterocycles. The van der Waals surface area contributed by atoms with Gasteiger partial charge in [-0.1, -0.05) is 0 Å². The largest absolute Gasteiger partial charge is 1.00 e. The normalized spacial score (nSPS) is 3.44. The van der Waals surface area contributed by atoms with Gasteiger partial charge in [-0.25, -0.2) is 4.79 Å². The van der Waals surface area contributed by atoms with Crippen molar-refractivity contribution in [3.8, 4) is 6.26 Å². The molecule has 0 rings (SSSR count). The fourth-order valence-electron chi connectivity index (χ4n) is 0. The SMILES string of the molecule is N#CO.O=C(O)O.[H-].[H-].[K+].[K+]. The predicted octanol–water partition coefficient (Wildman–Crippen LogP) is -5.70. The van der Waals surface area contributed by atoms with Gasteiger partial charge in [-0.3, -0.25) is 0 Å². The molecule has 0 heterocycles. The number of rotatable bonds is 0. The molecule has 0 saturated carbocycles. The van der Waals surface area contributed by atoms with Crippen molar-refractivity contribution in [2.45, 2.75) is 0 Å². The van der Waals surface area contributed by atoms with Crippen LogP contribution >= 0.6 is 0 Å². The molecule has 9 heavy (non-hydrogen) atoms. The minimum atomic E-state index is -1.83. The number of hydrogen-bond acceptors (Lipinski definition) is 3. The van der Waals surface area contributed by atoms with Crippen molar-refractivity contribution in [3.05, 3.63) is 0 Å². The molecular weight excluding hydrogens is 180 g/mol. The molecule has 44 valence electrons. The molecule has 0 aromatic rings. The number of aliphatic hydroxyl groups is 1. The number of nitriles is 1. The van der Waals surface area contributed by atoms with Crippen molar-refractivity contribution in [3.63, 3.8) is 0 Å². The quantitative estimate of drug-likeness (QED) is 0.258. The Labute approximate surface area is 140 Å². The Balaban J connectivity index is -0.00000000848. The summed E-state index contributed by atoms with van der Waals surface area (Å²) in [4.78, 5) is 8.56. The Kier molecular flexibility index (Phi) is 56.2. The first-order chi connectivity index (χ1) is 3.15. The number of nitrogens with zero attached hydrogens (tertiary/aromatic N) is 1. The molecule has 0 amide bonds. The molecule has 3 N–H and O–H groups in total. The van der Waals surface area contributed by atoms with Gasteiger partial charge in [0.15, 0.2) is 0 Å². The fourth-order valence-corrected chi connectivity index (χ4v) is 0. The molecule has 0 saturated heterocycles. The topological polar surface area (TPSA) is 102 Å². The molecule has 0 unspecified atom stereocenters. The van der Waals surface area contributed by atoms with E-state index in [2.05, 4.69) is 0 Å². The van der Waals surface area contributed by atoms with Crippen LogP contribution in [0.1, 0.15) is 2.85 Å². The van der Waals surface area contributed by atoms with Crippen LogP contribution in [0.25, 0.3) is 0 Å². The van der Waals surface area contributed by atoms with Crippen LogP contribution in [0.4, 0.5) is 4.79 Å². The molecule has 0 aliphatic rings. The monoisotopic (exact) mass is 185 g/mol. The third kappa shape index (κ3) is 180. The summed E-state index contributed by atoms with van der Waals surface area (Å²) in [6, 6.07) is 0. The van der Waals surface area contributed by atoms with Crippen LogP contribution in [0.2, 0.25) is 0 Å². The third-order valence-electron chi connectivity index (χ3n) is 0. The van der Waals surface area contributed by atoms with Crippen molar-refractivity contribution in [1.29, 1.82) is 5.26 Å². The maximum Gasteiger partial charge on any atom is 1.00 e. The van der Waals surface area contributed by atoms with Gasteiger partial charge in [-0.2, -0.15) is 5.26 Å². The Bertz CT molecular complexity index is 92.6. The van der Waals surface area contributed by atoms with Crippen LogP contribution in [0.3, 0.4) is 0 Å². The van der Waals surface area contributed by atoms with Crippen LogP contribution < -0.4 is 103 Å². The van der Waals surface area contributed by atoms with E-state index in [1.807, 2.05) is 0 Å². The Morgan fingerprint density at radius 2 is 1.44 bits per heavy atom. The summed E-state index contributed by atoms with van der Waals surface area (Å²) in [6.45, 7) is 0. The van der Waals surface area contributed by atoms with Crippen molar-refractivity contribution < 1.29 is 126 Å². The molecule has 0 bridgehead atoms. The predicted molar refractivity (Wildman–Crippen MR) is 20.4 cm³/mol. The van der Waals surface area contributed by atoms with Gasteiger partial charge in [0.05, 0.1) is 0 Å². The minimum absolute atomic E-state index is 0. The van der Waals surface area contributed by atoms with Gasteiger partial charge in [-0.15, -0.1) is 0 Å². The van der Waals surface area contributed by atoms with E-state index in [1.54, 1.807) is 0 Å². The third-order valence-corrected chi connectivity index (χ3v) is 0. The van der Waals surface area contributed by atoms with Crippen molar-refractivity contribution in [1.82, 2.24) is 0 Å². The zero-order valence-corrected chi connectivity index (χ0v) is 11.4. The first-order valence-corrected chi connectivity index (χ1v) is 1.10. The van der Waals surface area contributed by atoms with Crippen LogP contribution in [-0.2, 0) is 0 Å². The van der Waals surface area contributed by atoms with E-state index < -0.39 is 6.16 Å². The van der Waals surface area contributed by atoms with Crippen LogP contribution in [0.15, 0.2) is 0 Å². The summed E-state index contributed by atoms with van der Waals surface area (Å²) in [5.74, 6) is 0. The van der Waals surface area contributed by atoms with Crippen LogP contribution in [0, 0.1) is 11.5 Å². The molecule has 0 fully saturated rings. The smallest absolute Gasteiger partial charge is 1.00 e. The summed E-state index contributed by atoms with van der Waals surface area (Å²) in [5.41, 5.74) is 0. The molecule has 5 nitrogen and oxygen atoms in total. The van der Waals surface area contributed by atoms with Crippen molar-refractivity contribution in [2.75, 3.05) is 0 Å². The summed E-state index contributed by atoms with van der Waals surface area (Å²) >= 11 is 0. The van der Waals surface area contributed by atoms with Gasteiger partial charge in [-0.05, 0) is 0 Å². The summed E-state index contributed by atoms with van der Waals surface area (Å²) in [7, 11) is 0. The second-order valence-corrected chi connectivity index (χ2v) is 0.383. The molecular formula is C2H5K2NO4. The van der Waals surface area contributed by atoms with Gasteiger partial charge in [0, 0.05) is 0 Å². The first kappa shape index (κ1) is 22.4. The summed E-state index contributed by atoms with van der Waals surface area (Å²) in [6.07, 6.45) is -1.08. The van der Waals surface area contributed by atoms with Gasteiger partial charge in [0.25, 0.3) is 6.26 Å². The number of hydrogen-bond donors (Lipinski definition) is 3. The van der Waals surface area contributed by atoms with Crippen LogP contribution in [0.5, 0.6) is 0 Å². The zero-order valence-electron chi connectivity index (χ0n) is 7.20. The zero-order chi connectivity index (χ0) is 6.28. The minimum Gasteiger partial charge on any atom is -1.00 e. The maximum atomic E-state index is 8.56.